The van der Waals surface area contributed by atoms with E-state index in [0.717, 1.165) is 42.3 Å². The third-order valence-corrected chi connectivity index (χ3v) is 4.99. The molecule has 2 heterocycles. The predicted molar refractivity (Wildman–Crippen MR) is 108 cm³/mol. The fourth-order valence-electron chi connectivity index (χ4n) is 3.53. The van der Waals surface area contributed by atoms with Crippen molar-refractivity contribution in [1.29, 1.82) is 0 Å². The van der Waals surface area contributed by atoms with Crippen LogP contribution in [0.2, 0.25) is 0 Å². The summed E-state index contributed by atoms with van der Waals surface area (Å²) >= 11 is 0. The summed E-state index contributed by atoms with van der Waals surface area (Å²) in [6.07, 6.45) is 2.11. The molecule has 1 aliphatic rings. The lowest BCUT2D eigenvalue weighted by atomic mass is 10.2. The van der Waals surface area contributed by atoms with Crippen LogP contribution in [0.4, 0.5) is 5.69 Å². The van der Waals surface area contributed by atoms with Crippen LogP contribution in [0.25, 0.3) is 11.3 Å². The summed E-state index contributed by atoms with van der Waals surface area (Å²) < 4.78 is 5.90. The number of amides is 1. The number of furan rings is 1. The zero-order valence-corrected chi connectivity index (χ0v) is 15.3. The van der Waals surface area contributed by atoms with Crippen LogP contribution in [0.15, 0.2) is 77.2 Å². The Kier molecular flexibility index (Phi) is 5.24. The molecule has 0 saturated carbocycles. The highest BCUT2D eigenvalue weighted by molar-refractivity contribution is 5.77. The van der Waals surface area contributed by atoms with Gasteiger partial charge in [0.1, 0.15) is 11.5 Å². The zero-order valence-electron chi connectivity index (χ0n) is 15.3. The van der Waals surface area contributed by atoms with Crippen LogP contribution in [0, 0.1) is 0 Å². The fourth-order valence-corrected chi connectivity index (χ4v) is 3.53. The topological polar surface area (TPSA) is 45.5 Å². The molecule has 1 aliphatic heterocycles. The summed E-state index contributed by atoms with van der Waals surface area (Å²) in [7, 11) is 0. The molecular weight excluding hydrogens is 336 g/mol. The van der Waals surface area contributed by atoms with E-state index in [0.29, 0.717) is 18.9 Å². The van der Waals surface area contributed by atoms with Gasteiger partial charge in [0.2, 0.25) is 5.91 Å². The van der Waals surface area contributed by atoms with Gasteiger partial charge in [-0.25, -0.2) is 0 Å². The van der Waals surface area contributed by atoms with Crippen molar-refractivity contribution < 1.29 is 9.21 Å². The van der Waals surface area contributed by atoms with Gasteiger partial charge in [-0.05, 0) is 30.7 Å². The van der Waals surface area contributed by atoms with E-state index in [9.17, 15) is 4.79 Å². The van der Waals surface area contributed by atoms with Crippen molar-refractivity contribution in [3.05, 3.63) is 78.6 Å². The molecule has 1 atom stereocenters. The normalized spacial score (nSPS) is 16.4. The molecule has 0 spiro atoms. The minimum atomic E-state index is 0.199. The van der Waals surface area contributed by atoms with Crippen LogP contribution < -0.4 is 5.32 Å². The number of carbonyl (C=O) groups is 1. The maximum absolute atomic E-state index is 12.5. The number of para-hydroxylation sites is 1. The Balaban J connectivity index is 1.27. The Bertz CT molecular complexity index is 874. The number of anilines is 1. The second kappa shape index (κ2) is 8.12. The Hall–Kier alpha value is -3.01. The Morgan fingerprint density at radius 3 is 2.52 bits per heavy atom. The number of benzene rings is 2. The molecule has 0 bridgehead atoms. The molecule has 1 saturated heterocycles. The monoisotopic (exact) mass is 360 g/mol. The first-order chi connectivity index (χ1) is 13.3. The van der Waals surface area contributed by atoms with Gasteiger partial charge in [0, 0.05) is 43.2 Å². The minimum absolute atomic E-state index is 0.199. The van der Waals surface area contributed by atoms with E-state index in [4.69, 9.17) is 4.42 Å². The average Bonchev–Trinajstić information content (AvgIpc) is 3.37. The van der Waals surface area contributed by atoms with Crippen LogP contribution in [-0.2, 0) is 11.2 Å². The van der Waals surface area contributed by atoms with Crippen LogP contribution in [-0.4, -0.2) is 29.9 Å². The van der Waals surface area contributed by atoms with Crippen LogP contribution in [0.1, 0.15) is 18.6 Å². The highest BCUT2D eigenvalue weighted by Gasteiger charge is 2.26. The van der Waals surface area contributed by atoms with Gasteiger partial charge >= 0.3 is 0 Å². The van der Waals surface area contributed by atoms with Gasteiger partial charge in [-0.15, -0.1) is 0 Å². The molecule has 0 aliphatic carbocycles. The van der Waals surface area contributed by atoms with E-state index in [2.05, 4.69) is 17.4 Å². The van der Waals surface area contributed by atoms with Crippen molar-refractivity contribution in [2.45, 2.75) is 25.3 Å². The molecule has 1 amide bonds. The predicted octanol–water partition coefficient (Wildman–Crippen LogP) is 4.59. The summed E-state index contributed by atoms with van der Waals surface area (Å²) in [6.45, 7) is 1.58. The molecule has 138 valence electrons. The number of carbonyl (C=O) groups excluding carboxylic acids is 1. The van der Waals surface area contributed by atoms with Crippen molar-refractivity contribution in [3.8, 4) is 11.3 Å². The number of likely N-dealkylation sites (tertiary alicyclic amines) is 1. The van der Waals surface area contributed by atoms with E-state index in [1.165, 1.54) is 0 Å². The first-order valence-electron chi connectivity index (χ1n) is 9.51. The molecule has 27 heavy (non-hydrogen) atoms. The third kappa shape index (κ3) is 4.40. The molecule has 4 heteroatoms. The molecule has 3 aromatic rings. The van der Waals surface area contributed by atoms with Crippen LogP contribution >= 0.6 is 0 Å². The molecular formula is C23H24N2O2. The molecule has 1 unspecified atom stereocenters. The first kappa shape index (κ1) is 17.4. The second-order valence-electron chi connectivity index (χ2n) is 6.97. The summed E-state index contributed by atoms with van der Waals surface area (Å²) in [4.78, 5) is 14.5. The largest absolute Gasteiger partial charge is 0.461 e. The lowest BCUT2D eigenvalue weighted by Gasteiger charge is -2.17. The van der Waals surface area contributed by atoms with Crippen molar-refractivity contribution in [1.82, 2.24) is 4.90 Å². The van der Waals surface area contributed by atoms with Gasteiger partial charge in [-0.2, -0.15) is 0 Å². The van der Waals surface area contributed by atoms with E-state index >= 15 is 0 Å². The second-order valence-corrected chi connectivity index (χ2v) is 6.97. The minimum Gasteiger partial charge on any atom is -0.461 e. The van der Waals surface area contributed by atoms with Gasteiger partial charge in [-0.3, -0.25) is 4.79 Å². The van der Waals surface area contributed by atoms with Crippen LogP contribution in [0.3, 0.4) is 0 Å². The van der Waals surface area contributed by atoms with Crippen molar-refractivity contribution in [2.75, 3.05) is 18.4 Å². The number of nitrogens with one attached hydrogen (secondary N) is 1. The summed E-state index contributed by atoms with van der Waals surface area (Å²) in [5.74, 6) is 1.91. The fraction of sp³-hybridized carbons (Fsp3) is 0.261. The summed E-state index contributed by atoms with van der Waals surface area (Å²) in [5.41, 5.74) is 2.17. The van der Waals surface area contributed by atoms with Gasteiger partial charge < -0.3 is 14.6 Å². The number of aryl methyl sites for hydroxylation is 1. The Morgan fingerprint density at radius 2 is 1.74 bits per heavy atom. The average molecular weight is 360 g/mol. The van der Waals surface area contributed by atoms with Gasteiger partial charge in [0.15, 0.2) is 0 Å². The summed E-state index contributed by atoms with van der Waals surface area (Å²) in [5, 5.41) is 3.51. The Morgan fingerprint density at radius 1 is 1.00 bits per heavy atom. The van der Waals surface area contributed by atoms with E-state index < -0.39 is 0 Å². The van der Waals surface area contributed by atoms with Crippen LogP contribution in [0.5, 0.6) is 0 Å². The maximum atomic E-state index is 12.5. The zero-order chi connectivity index (χ0) is 18.5. The van der Waals surface area contributed by atoms with Gasteiger partial charge in [0.25, 0.3) is 0 Å². The third-order valence-electron chi connectivity index (χ3n) is 4.99. The van der Waals surface area contributed by atoms with E-state index in [-0.39, 0.29) is 5.91 Å². The van der Waals surface area contributed by atoms with Crippen molar-refractivity contribution >= 4 is 11.6 Å². The molecule has 1 aromatic heterocycles. The maximum Gasteiger partial charge on any atom is 0.223 e. The number of hydrogen-bond donors (Lipinski definition) is 1. The number of nitrogens with zero attached hydrogens (tertiary/aromatic N) is 1. The first-order valence-corrected chi connectivity index (χ1v) is 9.51. The van der Waals surface area contributed by atoms with Gasteiger partial charge in [-0.1, -0.05) is 48.5 Å². The molecule has 1 N–H and O–H groups in total. The van der Waals surface area contributed by atoms with E-state index in [1.54, 1.807) is 0 Å². The molecule has 2 aromatic carbocycles. The highest BCUT2D eigenvalue weighted by atomic mass is 16.3. The lowest BCUT2D eigenvalue weighted by Crippen LogP contribution is -2.31. The van der Waals surface area contributed by atoms with Crippen molar-refractivity contribution in [3.63, 3.8) is 0 Å². The standard InChI is InChI=1S/C23H24N2O2/c26-23(25-16-15-20(17-25)24-19-9-5-2-6-10-19)14-12-21-11-13-22(27-21)18-7-3-1-4-8-18/h1-11,13,20,24H,12,14-17H2. The highest BCUT2D eigenvalue weighted by Crippen LogP contribution is 2.23. The molecule has 4 nitrogen and oxygen atoms in total. The lowest BCUT2D eigenvalue weighted by molar-refractivity contribution is -0.130. The number of hydrogen-bond acceptors (Lipinski definition) is 3. The van der Waals surface area contributed by atoms with Gasteiger partial charge in [0.05, 0.1) is 0 Å². The Labute approximate surface area is 159 Å². The molecule has 4 rings (SSSR count). The van der Waals surface area contributed by atoms with Crippen molar-refractivity contribution in [2.24, 2.45) is 0 Å². The molecule has 0 radical (unpaired) electrons. The quantitative estimate of drug-likeness (QED) is 0.699. The number of rotatable bonds is 6. The smallest absolute Gasteiger partial charge is 0.223 e. The molecule has 1 fully saturated rings. The SMILES string of the molecule is O=C(CCc1ccc(-c2ccccc2)o1)N1CCC(Nc2ccccc2)C1. The summed E-state index contributed by atoms with van der Waals surface area (Å²) in [6, 6.07) is 24.5. The van der Waals surface area contributed by atoms with E-state index in [1.807, 2.05) is 65.6 Å².